The summed E-state index contributed by atoms with van der Waals surface area (Å²) < 4.78 is 1.41. The normalized spacial score (nSPS) is 9.92. The fourth-order valence-electron chi connectivity index (χ4n) is 0.885. The highest BCUT2D eigenvalue weighted by atomic mass is 35.5. The van der Waals surface area contributed by atoms with E-state index in [4.69, 9.17) is 23.1 Å². The average molecular weight is 201 g/mol. The first-order valence-corrected chi connectivity index (χ1v) is 3.84. The maximum absolute atomic E-state index is 10.7. The summed E-state index contributed by atoms with van der Waals surface area (Å²) in [5.74, 6) is -0.656. The largest absolute Gasteiger partial charge is 0.396 e. The fraction of sp³-hybridized carbons (Fsp3) is 0.143. The summed E-state index contributed by atoms with van der Waals surface area (Å²) in [6.07, 6.45) is 1.48. The Labute approximate surface area is 80.0 Å². The summed E-state index contributed by atoms with van der Waals surface area (Å²) in [4.78, 5) is 10.7. The summed E-state index contributed by atoms with van der Waals surface area (Å²) in [6.45, 7) is 3.79. The van der Waals surface area contributed by atoms with E-state index in [1.807, 2.05) is 0 Å². The Morgan fingerprint density at radius 1 is 1.77 bits per heavy atom. The molecule has 0 radical (unpaired) electrons. The summed E-state index contributed by atoms with van der Waals surface area (Å²) in [5, 5.41) is 4.22. The molecule has 0 saturated carbocycles. The van der Waals surface area contributed by atoms with Gasteiger partial charge in [0.2, 0.25) is 0 Å². The van der Waals surface area contributed by atoms with Crippen LogP contribution in [-0.2, 0) is 6.54 Å². The van der Waals surface area contributed by atoms with Crippen LogP contribution in [0.3, 0.4) is 0 Å². The molecule has 13 heavy (non-hydrogen) atoms. The molecule has 70 valence electrons. The number of halogens is 1. The second-order valence-electron chi connectivity index (χ2n) is 2.51. The second kappa shape index (κ2) is 3.49. The van der Waals surface area contributed by atoms with Crippen molar-refractivity contribution in [2.75, 3.05) is 5.73 Å². The van der Waals surface area contributed by atoms with Crippen molar-refractivity contribution < 1.29 is 4.79 Å². The molecule has 6 heteroatoms. The molecule has 5 nitrogen and oxygen atoms in total. The summed E-state index contributed by atoms with van der Waals surface area (Å²) in [7, 11) is 0. The van der Waals surface area contributed by atoms with E-state index in [1.54, 1.807) is 0 Å². The maximum Gasteiger partial charge on any atom is 0.271 e. The van der Waals surface area contributed by atoms with Crippen LogP contribution in [0.25, 0.3) is 0 Å². The van der Waals surface area contributed by atoms with E-state index in [9.17, 15) is 4.79 Å². The number of nitrogens with zero attached hydrogens (tertiary/aromatic N) is 2. The Morgan fingerprint density at radius 3 is 2.77 bits per heavy atom. The Kier molecular flexibility index (Phi) is 2.57. The van der Waals surface area contributed by atoms with Gasteiger partial charge in [-0.25, -0.2) is 0 Å². The molecule has 0 spiro atoms. The van der Waals surface area contributed by atoms with Crippen LogP contribution >= 0.6 is 11.6 Å². The quantitative estimate of drug-likeness (QED) is 0.737. The number of hydrogen-bond donors (Lipinski definition) is 2. The summed E-state index contributed by atoms with van der Waals surface area (Å²) in [6, 6.07) is 0. The molecule has 0 fully saturated rings. The molecule has 0 unspecified atom stereocenters. The van der Waals surface area contributed by atoms with Crippen molar-refractivity contribution in [2.45, 2.75) is 6.54 Å². The zero-order chi connectivity index (χ0) is 10.0. The minimum atomic E-state index is -0.656. The molecule has 0 saturated heterocycles. The number of aromatic nitrogens is 2. The van der Waals surface area contributed by atoms with E-state index in [0.717, 1.165) is 0 Å². The summed E-state index contributed by atoms with van der Waals surface area (Å²) >= 11 is 5.54. The van der Waals surface area contributed by atoms with Gasteiger partial charge in [0.25, 0.3) is 5.91 Å². The minimum absolute atomic E-state index is 0.0536. The molecule has 1 amide bonds. The van der Waals surface area contributed by atoms with E-state index < -0.39 is 5.91 Å². The van der Waals surface area contributed by atoms with E-state index in [2.05, 4.69) is 11.7 Å². The third-order valence-electron chi connectivity index (χ3n) is 1.36. The molecule has 0 aliphatic heterocycles. The van der Waals surface area contributed by atoms with Crippen LogP contribution in [0.15, 0.2) is 17.8 Å². The molecule has 0 atom stereocenters. The van der Waals surface area contributed by atoms with Gasteiger partial charge in [-0.05, 0) is 0 Å². The lowest BCUT2D eigenvalue weighted by atomic mass is 10.4. The number of allylic oxidation sites excluding steroid dienone is 1. The minimum Gasteiger partial charge on any atom is -0.396 e. The van der Waals surface area contributed by atoms with Gasteiger partial charge in [0.15, 0.2) is 5.69 Å². The topological polar surface area (TPSA) is 86.9 Å². The van der Waals surface area contributed by atoms with Crippen LogP contribution in [0.5, 0.6) is 0 Å². The third kappa shape index (κ3) is 2.22. The Bertz CT molecular complexity index is 357. The monoisotopic (exact) mass is 200 g/mol. The number of carbonyl (C=O) groups excluding carboxylic acids is 1. The smallest absolute Gasteiger partial charge is 0.271 e. The van der Waals surface area contributed by atoms with Gasteiger partial charge in [-0.15, -0.1) is 0 Å². The Balaban J connectivity index is 2.95. The predicted molar refractivity (Wildman–Crippen MR) is 50.2 cm³/mol. The predicted octanol–water partition coefficient (Wildman–Crippen LogP) is 0.317. The van der Waals surface area contributed by atoms with Gasteiger partial charge in [-0.2, -0.15) is 5.10 Å². The molecular weight excluding hydrogens is 192 g/mol. The van der Waals surface area contributed by atoms with Crippen molar-refractivity contribution >= 4 is 23.2 Å². The molecule has 0 aliphatic carbocycles. The zero-order valence-electron chi connectivity index (χ0n) is 6.83. The van der Waals surface area contributed by atoms with E-state index >= 15 is 0 Å². The van der Waals surface area contributed by atoms with Crippen LogP contribution in [-0.4, -0.2) is 15.7 Å². The molecule has 0 aliphatic rings. The number of amides is 1. The highest BCUT2D eigenvalue weighted by Gasteiger charge is 2.10. The van der Waals surface area contributed by atoms with Gasteiger partial charge in [0, 0.05) is 11.2 Å². The van der Waals surface area contributed by atoms with Crippen LogP contribution in [0.2, 0.25) is 0 Å². The molecule has 0 aromatic carbocycles. The van der Waals surface area contributed by atoms with Gasteiger partial charge in [0.1, 0.15) is 0 Å². The molecule has 1 heterocycles. The van der Waals surface area contributed by atoms with Crippen molar-refractivity contribution in [3.63, 3.8) is 0 Å². The molecule has 1 aromatic rings. The maximum atomic E-state index is 10.7. The second-order valence-corrected chi connectivity index (χ2v) is 3.05. The van der Waals surface area contributed by atoms with E-state index in [-0.39, 0.29) is 11.4 Å². The lowest BCUT2D eigenvalue weighted by Gasteiger charge is -1.95. The van der Waals surface area contributed by atoms with Crippen molar-refractivity contribution in [1.82, 2.24) is 9.78 Å². The van der Waals surface area contributed by atoms with Crippen LogP contribution in [0.4, 0.5) is 5.69 Å². The standard InChI is InChI=1S/C7H9ClN4O/c1-4(8)2-12-3-5(9)6(11-12)7(10)13/h3H,1-2,9H2,(H2,10,13). The number of rotatable bonds is 3. The molecule has 4 N–H and O–H groups in total. The number of hydrogen-bond acceptors (Lipinski definition) is 3. The average Bonchev–Trinajstić information content (AvgIpc) is 2.29. The molecule has 1 aromatic heterocycles. The lowest BCUT2D eigenvalue weighted by molar-refractivity contribution is 0.0995. The van der Waals surface area contributed by atoms with Gasteiger partial charge >= 0.3 is 0 Å². The molecule has 0 bridgehead atoms. The van der Waals surface area contributed by atoms with Crippen LogP contribution in [0.1, 0.15) is 10.5 Å². The van der Waals surface area contributed by atoms with Crippen molar-refractivity contribution in [3.8, 4) is 0 Å². The molecular formula is C7H9ClN4O. The lowest BCUT2D eigenvalue weighted by Crippen LogP contribution is -2.14. The molecule has 1 rings (SSSR count). The van der Waals surface area contributed by atoms with Gasteiger partial charge in [0.05, 0.1) is 12.2 Å². The summed E-state index contributed by atoms with van der Waals surface area (Å²) in [5.41, 5.74) is 10.8. The number of nitrogen functional groups attached to an aromatic ring is 1. The number of anilines is 1. The Hall–Kier alpha value is -1.49. The first-order chi connectivity index (χ1) is 6.00. The number of carbonyl (C=O) groups is 1. The van der Waals surface area contributed by atoms with E-state index in [1.165, 1.54) is 10.9 Å². The van der Waals surface area contributed by atoms with Crippen LogP contribution in [0, 0.1) is 0 Å². The fourth-order valence-corrected chi connectivity index (χ4v) is 1.01. The number of nitrogens with two attached hydrogens (primary N) is 2. The van der Waals surface area contributed by atoms with Gasteiger partial charge in [-0.3, -0.25) is 9.48 Å². The third-order valence-corrected chi connectivity index (χ3v) is 1.48. The van der Waals surface area contributed by atoms with Crippen molar-refractivity contribution in [3.05, 3.63) is 23.5 Å². The van der Waals surface area contributed by atoms with Gasteiger partial charge in [-0.1, -0.05) is 18.2 Å². The van der Waals surface area contributed by atoms with Crippen molar-refractivity contribution in [1.29, 1.82) is 0 Å². The Morgan fingerprint density at radius 2 is 2.38 bits per heavy atom. The first kappa shape index (κ1) is 9.60. The first-order valence-electron chi connectivity index (χ1n) is 3.46. The highest BCUT2D eigenvalue weighted by molar-refractivity contribution is 6.29. The highest BCUT2D eigenvalue weighted by Crippen LogP contribution is 2.10. The SMILES string of the molecule is C=C(Cl)Cn1cc(N)c(C(N)=O)n1. The van der Waals surface area contributed by atoms with Crippen LogP contribution < -0.4 is 11.5 Å². The van der Waals surface area contributed by atoms with Crippen molar-refractivity contribution in [2.24, 2.45) is 5.73 Å². The van der Waals surface area contributed by atoms with E-state index in [0.29, 0.717) is 11.6 Å². The number of primary amides is 1. The zero-order valence-corrected chi connectivity index (χ0v) is 7.58. The van der Waals surface area contributed by atoms with Gasteiger partial charge < -0.3 is 11.5 Å².